The van der Waals surface area contributed by atoms with E-state index in [4.69, 9.17) is 0 Å². The predicted octanol–water partition coefficient (Wildman–Crippen LogP) is 3.49. The number of thiazole rings is 1. The van der Waals surface area contributed by atoms with Crippen molar-refractivity contribution in [3.8, 4) is 10.7 Å². The normalized spacial score (nSPS) is 10.8. The standard InChI is InChI=1S/C14H14N4S/c1-3-16-14-12-9(2)5-4-6-10(12)17-13(18-14)11-7-15-8-19-11/h4-8H,3H2,1-2H3,(H,16,17,18). The molecular formula is C14H14N4S. The fourth-order valence-electron chi connectivity index (χ4n) is 2.09. The molecule has 3 rings (SSSR count). The summed E-state index contributed by atoms with van der Waals surface area (Å²) in [6, 6.07) is 6.13. The number of aromatic nitrogens is 3. The van der Waals surface area contributed by atoms with Crippen LogP contribution in [0.3, 0.4) is 0 Å². The summed E-state index contributed by atoms with van der Waals surface area (Å²) in [5.41, 5.74) is 3.95. The van der Waals surface area contributed by atoms with E-state index in [1.807, 2.05) is 12.1 Å². The number of benzene rings is 1. The minimum Gasteiger partial charge on any atom is -0.370 e. The van der Waals surface area contributed by atoms with Gasteiger partial charge in [-0.15, -0.1) is 11.3 Å². The third-order valence-corrected chi connectivity index (χ3v) is 3.70. The SMILES string of the molecule is CCNc1nc(-c2cncs2)nc2cccc(C)c12. The van der Waals surface area contributed by atoms with Gasteiger partial charge in [-0.3, -0.25) is 4.98 Å². The summed E-state index contributed by atoms with van der Waals surface area (Å²) in [5.74, 6) is 1.63. The molecule has 0 spiro atoms. The largest absolute Gasteiger partial charge is 0.370 e. The topological polar surface area (TPSA) is 50.7 Å². The average molecular weight is 270 g/mol. The second-order valence-corrected chi connectivity index (χ2v) is 5.15. The van der Waals surface area contributed by atoms with E-state index < -0.39 is 0 Å². The highest BCUT2D eigenvalue weighted by molar-refractivity contribution is 7.13. The van der Waals surface area contributed by atoms with Crippen molar-refractivity contribution in [2.75, 3.05) is 11.9 Å². The van der Waals surface area contributed by atoms with Crippen LogP contribution in [-0.4, -0.2) is 21.5 Å². The summed E-state index contributed by atoms with van der Waals surface area (Å²) in [4.78, 5) is 14.4. The molecule has 0 atom stereocenters. The molecule has 4 nitrogen and oxygen atoms in total. The Morgan fingerprint density at radius 2 is 2.16 bits per heavy atom. The number of fused-ring (bicyclic) bond motifs is 1. The Bertz CT molecular complexity index is 707. The number of nitrogens with zero attached hydrogens (tertiary/aromatic N) is 3. The highest BCUT2D eigenvalue weighted by atomic mass is 32.1. The van der Waals surface area contributed by atoms with Crippen molar-refractivity contribution in [3.63, 3.8) is 0 Å². The van der Waals surface area contributed by atoms with Crippen molar-refractivity contribution in [2.24, 2.45) is 0 Å². The zero-order valence-corrected chi connectivity index (χ0v) is 11.7. The highest BCUT2D eigenvalue weighted by Crippen LogP contribution is 2.28. The molecule has 0 aliphatic carbocycles. The van der Waals surface area contributed by atoms with Crippen molar-refractivity contribution in [2.45, 2.75) is 13.8 Å². The lowest BCUT2D eigenvalue weighted by molar-refractivity contribution is 1.14. The number of rotatable bonds is 3. The number of anilines is 1. The smallest absolute Gasteiger partial charge is 0.173 e. The zero-order chi connectivity index (χ0) is 13.2. The first-order chi connectivity index (χ1) is 9.29. The maximum atomic E-state index is 4.64. The van der Waals surface area contributed by atoms with Gasteiger partial charge in [0.25, 0.3) is 0 Å². The second kappa shape index (κ2) is 4.93. The number of aryl methyl sites for hydroxylation is 1. The van der Waals surface area contributed by atoms with E-state index in [1.165, 1.54) is 5.56 Å². The molecule has 1 aromatic carbocycles. The van der Waals surface area contributed by atoms with Gasteiger partial charge in [-0.2, -0.15) is 0 Å². The lowest BCUT2D eigenvalue weighted by Crippen LogP contribution is -2.03. The van der Waals surface area contributed by atoms with Gasteiger partial charge in [0.05, 0.1) is 15.9 Å². The zero-order valence-electron chi connectivity index (χ0n) is 10.8. The molecule has 0 radical (unpaired) electrons. The Morgan fingerprint density at radius 3 is 2.89 bits per heavy atom. The first-order valence-corrected chi connectivity index (χ1v) is 7.07. The first kappa shape index (κ1) is 12.0. The molecule has 0 amide bonds. The average Bonchev–Trinajstić information content (AvgIpc) is 2.92. The maximum Gasteiger partial charge on any atom is 0.173 e. The molecule has 0 bridgehead atoms. The van der Waals surface area contributed by atoms with Crippen LogP contribution in [0, 0.1) is 6.92 Å². The van der Waals surface area contributed by atoms with Crippen molar-refractivity contribution >= 4 is 28.1 Å². The van der Waals surface area contributed by atoms with Crippen LogP contribution >= 0.6 is 11.3 Å². The Hall–Kier alpha value is -2.01. The van der Waals surface area contributed by atoms with E-state index in [-0.39, 0.29) is 0 Å². The molecule has 0 fully saturated rings. The first-order valence-electron chi connectivity index (χ1n) is 6.19. The summed E-state index contributed by atoms with van der Waals surface area (Å²) in [6.45, 7) is 4.99. The van der Waals surface area contributed by atoms with Crippen LogP contribution < -0.4 is 5.32 Å². The third kappa shape index (κ3) is 2.17. The van der Waals surface area contributed by atoms with Crippen molar-refractivity contribution in [1.82, 2.24) is 15.0 Å². The number of nitrogens with one attached hydrogen (secondary N) is 1. The van der Waals surface area contributed by atoms with Crippen molar-refractivity contribution < 1.29 is 0 Å². The van der Waals surface area contributed by atoms with E-state index in [0.29, 0.717) is 0 Å². The fraction of sp³-hybridized carbons (Fsp3) is 0.214. The van der Waals surface area contributed by atoms with Crippen molar-refractivity contribution in [3.05, 3.63) is 35.5 Å². The van der Waals surface area contributed by atoms with Gasteiger partial charge in [0, 0.05) is 18.1 Å². The van der Waals surface area contributed by atoms with Gasteiger partial charge in [-0.25, -0.2) is 9.97 Å². The summed E-state index contributed by atoms with van der Waals surface area (Å²) < 4.78 is 0. The molecule has 96 valence electrons. The monoisotopic (exact) mass is 270 g/mol. The van der Waals surface area contributed by atoms with Crippen LogP contribution in [0.1, 0.15) is 12.5 Å². The Labute approximate surface area is 115 Å². The molecule has 0 saturated heterocycles. The third-order valence-electron chi connectivity index (χ3n) is 2.93. The van der Waals surface area contributed by atoms with Crippen molar-refractivity contribution in [1.29, 1.82) is 0 Å². The van der Waals surface area contributed by atoms with E-state index in [2.05, 4.69) is 40.2 Å². The lowest BCUT2D eigenvalue weighted by atomic mass is 10.1. The number of hydrogen-bond acceptors (Lipinski definition) is 5. The Kier molecular flexibility index (Phi) is 3.13. The van der Waals surface area contributed by atoms with E-state index in [1.54, 1.807) is 23.0 Å². The number of hydrogen-bond donors (Lipinski definition) is 1. The molecule has 0 unspecified atom stereocenters. The van der Waals surface area contributed by atoms with Crippen LogP contribution in [0.4, 0.5) is 5.82 Å². The molecule has 0 aliphatic heterocycles. The van der Waals surface area contributed by atoms with Gasteiger partial charge in [0.15, 0.2) is 5.82 Å². The van der Waals surface area contributed by atoms with Gasteiger partial charge in [-0.05, 0) is 25.5 Å². The van der Waals surface area contributed by atoms with Crippen LogP contribution in [0.2, 0.25) is 0 Å². The molecule has 1 N–H and O–H groups in total. The predicted molar refractivity (Wildman–Crippen MR) is 79.5 cm³/mol. The maximum absolute atomic E-state index is 4.64. The van der Waals surface area contributed by atoms with Crippen LogP contribution in [0.15, 0.2) is 29.9 Å². The van der Waals surface area contributed by atoms with Gasteiger partial charge >= 0.3 is 0 Å². The molecule has 0 saturated carbocycles. The van der Waals surface area contributed by atoms with Gasteiger partial charge in [0.2, 0.25) is 0 Å². The molecule has 3 aromatic rings. The quantitative estimate of drug-likeness (QED) is 0.791. The Morgan fingerprint density at radius 1 is 1.26 bits per heavy atom. The van der Waals surface area contributed by atoms with Crippen LogP contribution in [-0.2, 0) is 0 Å². The fourth-order valence-corrected chi connectivity index (χ4v) is 2.64. The van der Waals surface area contributed by atoms with Crippen LogP contribution in [0.25, 0.3) is 21.6 Å². The molecular weight excluding hydrogens is 256 g/mol. The highest BCUT2D eigenvalue weighted by Gasteiger charge is 2.11. The van der Waals surface area contributed by atoms with E-state index in [0.717, 1.165) is 34.0 Å². The minimum atomic E-state index is 0.733. The summed E-state index contributed by atoms with van der Waals surface area (Å²) >= 11 is 1.55. The lowest BCUT2D eigenvalue weighted by Gasteiger charge is -2.10. The summed E-state index contributed by atoms with van der Waals surface area (Å²) in [5, 5.41) is 4.42. The van der Waals surface area contributed by atoms with Gasteiger partial charge in [-0.1, -0.05) is 12.1 Å². The molecule has 5 heteroatoms. The molecule has 0 aliphatic rings. The Balaban J connectivity index is 2.28. The summed E-state index contributed by atoms with van der Waals surface area (Å²) in [6.07, 6.45) is 1.80. The van der Waals surface area contributed by atoms with Gasteiger partial charge in [0.1, 0.15) is 5.82 Å². The molecule has 19 heavy (non-hydrogen) atoms. The van der Waals surface area contributed by atoms with Crippen LogP contribution in [0.5, 0.6) is 0 Å². The molecule has 2 heterocycles. The van der Waals surface area contributed by atoms with Gasteiger partial charge < -0.3 is 5.32 Å². The minimum absolute atomic E-state index is 0.733. The molecule has 2 aromatic heterocycles. The second-order valence-electron chi connectivity index (χ2n) is 4.26. The summed E-state index contributed by atoms with van der Waals surface area (Å²) in [7, 11) is 0. The van der Waals surface area contributed by atoms with E-state index in [9.17, 15) is 0 Å². The van der Waals surface area contributed by atoms with E-state index >= 15 is 0 Å².